The van der Waals surface area contributed by atoms with E-state index < -0.39 is 0 Å². The second-order valence-corrected chi connectivity index (χ2v) is 6.50. The molecule has 23 heavy (non-hydrogen) atoms. The molecule has 6 nitrogen and oxygen atoms in total. The van der Waals surface area contributed by atoms with Crippen LogP contribution in [0.1, 0.15) is 46.5 Å². The molecule has 1 unspecified atom stereocenters. The molecule has 136 valence electrons. The van der Waals surface area contributed by atoms with Crippen molar-refractivity contribution in [2.45, 2.75) is 58.1 Å². The number of ether oxygens (including phenoxy) is 1. The minimum Gasteiger partial charge on any atom is -0.377 e. The Morgan fingerprint density at radius 1 is 1.35 bits per heavy atom. The summed E-state index contributed by atoms with van der Waals surface area (Å²) in [5.74, 6) is 0.928. The molecule has 1 atom stereocenters. The fraction of sp³-hybridized carbons (Fsp3) is 0.875. The minimum absolute atomic E-state index is 0. The van der Waals surface area contributed by atoms with Gasteiger partial charge in [-0.25, -0.2) is 0 Å². The van der Waals surface area contributed by atoms with Crippen LogP contribution in [0, 0.1) is 0 Å². The maximum atomic E-state index is 12.2. The third-order valence-electron chi connectivity index (χ3n) is 4.21. The first-order valence-corrected chi connectivity index (χ1v) is 8.19. The lowest BCUT2D eigenvalue weighted by molar-refractivity contribution is -0.134. The highest BCUT2D eigenvalue weighted by atomic mass is 127. The molecule has 1 fully saturated rings. The molecule has 1 aliphatic heterocycles. The SMILES string of the molecule is CN=C(NCCC(=O)N1CCCCC1C)NCC(C)(C)OC.I. The van der Waals surface area contributed by atoms with Gasteiger partial charge in [0.15, 0.2) is 5.96 Å². The van der Waals surface area contributed by atoms with Crippen LogP contribution < -0.4 is 10.6 Å². The number of likely N-dealkylation sites (tertiary alicyclic amines) is 1. The van der Waals surface area contributed by atoms with Crippen LogP contribution in [0.25, 0.3) is 0 Å². The molecule has 0 saturated carbocycles. The Bertz CT molecular complexity index is 388. The largest absolute Gasteiger partial charge is 0.377 e. The Morgan fingerprint density at radius 3 is 2.61 bits per heavy atom. The first kappa shape index (κ1) is 22.4. The fourth-order valence-electron chi connectivity index (χ4n) is 2.49. The molecular formula is C16H33IN4O2. The Morgan fingerprint density at radius 2 is 2.04 bits per heavy atom. The molecule has 1 saturated heterocycles. The second-order valence-electron chi connectivity index (χ2n) is 6.50. The number of rotatable bonds is 6. The molecule has 0 aromatic carbocycles. The number of nitrogens with zero attached hydrogens (tertiary/aromatic N) is 2. The molecule has 7 heteroatoms. The zero-order valence-corrected chi connectivity index (χ0v) is 17.5. The number of nitrogens with one attached hydrogen (secondary N) is 2. The van der Waals surface area contributed by atoms with E-state index in [1.54, 1.807) is 14.2 Å². The number of halogens is 1. The van der Waals surface area contributed by atoms with E-state index in [2.05, 4.69) is 22.5 Å². The minimum atomic E-state index is -0.253. The summed E-state index contributed by atoms with van der Waals surface area (Å²) in [7, 11) is 3.42. The van der Waals surface area contributed by atoms with Crippen molar-refractivity contribution in [1.29, 1.82) is 0 Å². The summed E-state index contributed by atoms with van der Waals surface area (Å²) in [4.78, 5) is 18.4. The van der Waals surface area contributed by atoms with Crippen LogP contribution in [0.15, 0.2) is 4.99 Å². The van der Waals surface area contributed by atoms with Crippen LogP contribution in [-0.2, 0) is 9.53 Å². The summed E-state index contributed by atoms with van der Waals surface area (Å²) in [6, 6.07) is 0.376. The van der Waals surface area contributed by atoms with Gasteiger partial charge in [-0.2, -0.15) is 0 Å². The van der Waals surface area contributed by atoms with Gasteiger partial charge in [-0.15, -0.1) is 24.0 Å². The number of aliphatic imine (C=N–C) groups is 1. The number of amides is 1. The third kappa shape index (κ3) is 8.19. The molecular weight excluding hydrogens is 407 g/mol. The Hall–Kier alpha value is -0.570. The molecule has 0 radical (unpaired) electrons. The summed E-state index contributed by atoms with van der Waals surface area (Å²) in [6.07, 6.45) is 3.97. The van der Waals surface area contributed by atoms with Crippen molar-refractivity contribution in [3.05, 3.63) is 0 Å². The van der Waals surface area contributed by atoms with E-state index in [0.717, 1.165) is 19.4 Å². The third-order valence-corrected chi connectivity index (χ3v) is 4.21. The summed E-state index contributed by atoms with van der Waals surface area (Å²) in [5, 5.41) is 6.40. The summed E-state index contributed by atoms with van der Waals surface area (Å²) in [6.45, 7) is 8.30. The topological polar surface area (TPSA) is 66.0 Å². The van der Waals surface area contributed by atoms with Crippen molar-refractivity contribution >= 4 is 35.8 Å². The number of carbonyl (C=O) groups excluding carboxylic acids is 1. The maximum absolute atomic E-state index is 12.2. The number of hydrogen-bond donors (Lipinski definition) is 2. The smallest absolute Gasteiger partial charge is 0.224 e. The fourth-order valence-corrected chi connectivity index (χ4v) is 2.49. The van der Waals surface area contributed by atoms with E-state index in [-0.39, 0.29) is 35.5 Å². The van der Waals surface area contributed by atoms with Crippen molar-refractivity contribution < 1.29 is 9.53 Å². The highest BCUT2D eigenvalue weighted by molar-refractivity contribution is 14.0. The zero-order chi connectivity index (χ0) is 16.6. The van der Waals surface area contributed by atoms with Crippen LogP contribution in [0.5, 0.6) is 0 Å². The maximum Gasteiger partial charge on any atom is 0.224 e. The molecule has 1 aliphatic rings. The number of hydrogen-bond acceptors (Lipinski definition) is 3. The highest BCUT2D eigenvalue weighted by Crippen LogP contribution is 2.16. The Kier molecular flexibility index (Phi) is 10.8. The highest BCUT2D eigenvalue weighted by Gasteiger charge is 2.22. The van der Waals surface area contributed by atoms with E-state index in [1.165, 1.54) is 6.42 Å². The van der Waals surface area contributed by atoms with Gasteiger partial charge in [0.1, 0.15) is 0 Å². The number of carbonyl (C=O) groups is 1. The van der Waals surface area contributed by atoms with Gasteiger partial charge < -0.3 is 20.3 Å². The van der Waals surface area contributed by atoms with Crippen LogP contribution in [0.3, 0.4) is 0 Å². The standard InChI is InChI=1S/C16H32N4O2.HI/c1-13-8-6-7-11-20(13)14(21)9-10-18-15(17-4)19-12-16(2,3)22-5;/h13H,6-12H2,1-5H3,(H2,17,18,19);1H. The summed E-state index contributed by atoms with van der Waals surface area (Å²) < 4.78 is 5.36. The zero-order valence-electron chi connectivity index (χ0n) is 15.1. The van der Waals surface area contributed by atoms with E-state index in [4.69, 9.17) is 4.74 Å². The van der Waals surface area contributed by atoms with Gasteiger partial charge in [-0.3, -0.25) is 9.79 Å². The molecule has 1 rings (SSSR count). The summed E-state index contributed by atoms with van der Waals surface area (Å²) >= 11 is 0. The lowest BCUT2D eigenvalue weighted by Gasteiger charge is -2.33. The predicted octanol–water partition coefficient (Wildman–Crippen LogP) is 1.99. The van der Waals surface area contributed by atoms with Gasteiger partial charge in [0, 0.05) is 46.3 Å². The first-order valence-electron chi connectivity index (χ1n) is 8.19. The molecule has 0 aromatic rings. The van der Waals surface area contributed by atoms with Crippen molar-refractivity contribution in [1.82, 2.24) is 15.5 Å². The summed E-state index contributed by atoms with van der Waals surface area (Å²) in [5.41, 5.74) is -0.253. The quantitative estimate of drug-likeness (QED) is 0.377. The average Bonchev–Trinajstić information content (AvgIpc) is 2.51. The van der Waals surface area contributed by atoms with Gasteiger partial charge in [-0.05, 0) is 40.0 Å². The van der Waals surface area contributed by atoms with Gasteiger partial charge in [0.05, 0.1) is 5.60 Å². The molecule has 2 N–H and O–H groups in total. The van der Waals surface area contributed by atoms with Gasteiger partial charge in [-0.1, -0.05) is 0 Å². The predicted molar refractivity (Wildman–Crippen MR) is 106 cm³/mol. The normalized spacial score (nSPS) is 19.1. The molecule has 0 spiro atoms. The van der Waals surface area contributed by atoms with Crippen LogP contribution in [-0.4, -0.2) is 62.2 Å². The van der Waals surface area contributed by atoms with Gasteiger partial charge >= 0.3 is 0 Å². The van der Waals surface area contributed by atoms with E-state index in [1.807, 2.05) is 18.7 Å². The van der Waals surface area contributed by atoms with Crippen molar-refractivity contribution in [3.8, 4) is 0 Å². The monoisotopic (exact) mass is 440 g/mol. The Balaban J connectivity index is 0.00000484. The second kappa shape index (κ2) is 11.1. The van der Waals surface area contributed by atoms with Gasteiger partial charge in [0.2, 0.25) is 5.91 Å². The average molecular weight is 440 g/mol. The number of methoxy groups -OCH3 is 1. The van der Waals surface area contributed by atoms with Crippen molar-refractivity contribution in [3.63, 3.8) is 0 Å². The van der Waals surface area contributed by atoms with Gasteiger partial charge in [0.25, 0.3) is 0 Å². The molecule has 0 bridgehead atoms. The van der Waals surface area contributed by atoms with Crippen molar-refractivity contribution in [2.75, 3.05) is 33.8 Å². The van der Waals surface area contributed by atoms with E-state index in [0.29, 0.717) is 31.5 Å². The number of guanidine groups is 1. The van der Waals surface area contributed by atoms with E-state index in [9.17, 15) is 4.79 Å². The van der Waals surface area contributed by atoms with Crippen LogP contribution >= 0.6 is 24.0 Å². The molecule has 1 amide bonds. The molecule has 1 heterocycles. The van der Waals surface area contributed by atoms with E-state index >= 15 is 0 Å². The Labute approximate surface area is 157 Å². The van der Waals surface area contributed by atoms with Crippen LogP contribution in [0.2, 0.25) is 0 Å². The van der Waals surface area contributed by atoms with Crippen molar-refractivity contribution in [2.24, 2.45) is 4.99 Å². The lowest BCUT2D eigenvalue weighted by Crippen LogP contribution is -2.47. The molecule has 0 aromatic heterocycles. The lowest BCUT2D eigenvalue weighted by atomic mass is 10.0. The first-order chi connectivity index (χ1) is 10.4. The molecule has 0 aliphatic carbocycles. The van der Waals surface area contributed by atoms with Crippen LogP contribution in [0.4, 0.5) is 0 Å². The number of piperidine rings is 1.